The maximum Gasteiger partial charge on any atom is 0.219 e. The van der Waals surface area contributed by atoms with Crippen LogP contribution in [0.15, 0.2) is 28.0 Å². The number of nitrogens with zero attached hydrogens (tertiary/aromatic N) is 3. The number of rotatable bonds is 11. The van der Waals surface area contributed by atoms with Crippen molar-refractivity contribution in [2.24, 2.45) is 0 Å². The number of carbonyl (C=O) groups is 1. The summed E-state index contributed by atoms with van der Waals surface area (Å²) in [6, 6.07) is 3.74. The van der Waals surface area contributed by atoms with Gasteiger partial charge in [-0.05, 0) is 38.3 Å². The molecule has 0 bridgehead atoms. The number of unbranched alkanes of at least 4 members (excludes halogenated alkanes) is 2. The van der Waals surface area contributed by atoms with Gasteiger partial charge in [0.05, 0.1) is 6.26 Å². The Morgan fingerprint density at radius 3 is 2.88 bits per heavy atom. The average Bonchev–Trinajstić information content (AvgIpc) is 3.23. The molecule has 6 nitrogen and oxygen atoms in total. The summed E-state index contributed by atoms with van der Waals surface area (Å²) in [6.07, 6.45) is 6.28. The molecule has 0 aliphatic carbocycles. The van der Waals surface area contributed by atoms with Crippen molar-refractivity contribution in [1.29, 1.82) is 0 Å². The fraction of sp³-hybridized carbons (Fsp3) is 0.588. The van der Waals surface area contributed by atoms with Crippen LogP contribution >= 0.6 is 11.8 Å². The Balaban J connectivity index is 1.72. The largest absolute Gasteiger partial charge is 0.461 e. The van der Waals surface area contributed by atoms with Crippen LogP contribution in [-0.4, -0.2) is 33.0 Å². The third-order valence-electron chi connectivity index (χ3n) is 3.66. The fourth-order valence-electron chi connectivity index (χ4n) is 2.31. The molecule has 0 aliphatic heterocycles. The number of hydrogen-bond acceptors (Lipinski definition) is 5. The van der Waals surface area contributed by atoms with Crippen molar-refractivity contribution < 1.29 is 9.21 Å². The van der Waals surface area contributed by atoms with Gasteiger partial charge >= 0.3 is 0 Å². The molecule has 0 unspecified atom stereocenters. The topological polar surface area (TPSA) is 73.0 Å². The standard InChI is InChI=1S/C17H26N4O2S/c1-3-5-11-18-15(22)10-6-7-13-24-17-20-19-16(21(17)4-2)14-9-8-12-23-14/h8-9,12H,3-7,10-11,13H2,1-2H3,(H,18,22). The van der Waals surface area contributed by atoms with E-state index in [9.17, 15) is 4.79 Å². The Hall–Kier alpha value is -1.76. The summed E-state index contributed by atoms with van der Waals surface area (Å²) >= 11 is 1.68. The highest BCUT2D eigenvalue weighted by molar-refractivity contribution is 7.99. The molecule has 0 aromatic carbocycles. The minimum atomic E-state index is 0.158. The smallest absolute Gasteiger partial charge is 0.219 e. The molecular formula is C17H26N4O2S. The van der Waals surface area contributed by atoms with Crippen LogP contribution in [-0.2, 0) is 11.3 Å². The predicted molar refractivity (Wildman–Crippen MR) is 95.9 cm³/mol. The number of nitrogens with one attached hydrogen (secondary N) is 1. The molecule has 0 aliphatic rings. The highest BCUT2D eigenvalue weighted by Crippen LogP contribution is 2.24. The van der Waals surface area contributed by atoms with Crippen LogP contribution in [0.3, 0.4) is 0 Å². The van der Waals surface area contributed by atoms with Crippen molar-refractivity contribution in [3.8, 4) is 11.6 Å². The van der Waals surface area contributed by atoms with Crippen molar-refractivity contribution in [3.05, 3.63) is 18.4 Å². The Morgan fingerprint density at radius 2 is 2.17 bits per heavy atom. The molecule has 7 heteroatoms. The van der Waals surface area contributed by atoms with Gasteiger partial charge in [-0.2, -0.15) is 0 Å². The SMILES string of the molecule is CCCCNC(=O)CCCCSc1nnc(-c2ccco2)n1CC. The summed E-state index contributed by atoms with van der Waals surface area (Å²) in [5.74, 6) is 2.59. The van der Waals surface area contributed by atoms with E-state index >= 15 is 0 Å². The highest BCUT2D eigenvalue weighted by Gasteiger charge is 2.14. The van der Waals surface area contributed by atoms with Crippen LogP contribution in [0.5, 0.6) is 0 Å². The van der Waals surface area contributed by atoms with E-state index in [1.54, 1.807) is 18.0 Å². The quantitative estimate of drug-likeness (QED) is 0.494. The molecule has 0 saturated carbocycles. The van der Waals surface area contributed by atoms with Crippen LogP contribution in [0.4, 0.5) is 0 Å². The first-order chi connectivity index (χ1) is 11.8. The lowest BCUT2D eigenvalue weighted by Gasteiger charge is -2.06. The van der Waals surface area contributed by atoms with Gasteiger partial charge in [0.15, 0.2) is 16.7 Å². The third kappa shape index (κ3) is 5.40. The first-order valence-electron chi connectivity index (χ1n) is 8.62. The second-order valence-electron chi connectivity index (χ2n) is 5.54. The number of carbonyl (C=O) groups excluding carboxylic acids is 1. The van der Waals surface area contributed by atoms with Crippen LogP contribution in [0, 0.1) is 0 Å². The zero-order chi connectivity index (χ0) is 17.2. The summed E-state index contributed by atoms with van der Waals surface area (Å²) in [7, 11) is 0. The van der Waals surface area contributed by atoms with Gasteiger partial charge < -0.3 is 9.73 Å². The van der Waals surface area contributed by atoms with E-state index in [0.717, 1.165) is 61.3 Å². The molecule has 0 radical (unpaired) electrons. The van der Waals surface area contributed by atoms with Crippen LogP contribution in [0.25, 0.3) is 11.6 Å². The third-order valence-corrected chi connectivity index (χ3v) is 4.71. The molecular weight excluding hydrogens is 324 g/mol. The number of amides is 1. The van der Waals surface area contributed by atoms with Gasteiger partial charge in [0.1, 0.15) is 0 Å². The normalized spacial score (nSPS) is 10.9. The molecule has 2 aromatic rings. The molecule has 1 amide bonds. The van der Waals surface area contributed by atoms with Gasteiger partial charge in [0.2, 0.25) is 5.91 Å². The maximum atomic E-state index is 11.6. The molecule has 2 rings (SSSR count). The summed E-state index contributed by atoms with van der Waals surface area (Å²) in [5.41, 5.74) is 0. The Kier molecular flexibility index (Phi) is 7.88. The molecule has 24 heavy (non-hydrogen) atoms. The molecule has 0 saturated heterocycles. The Bertz CT molecular complexity index is 610. The van der Waals surface area contributed by atoms with E-state index in [1.165, 1.54) is 0 Å². The van der Waals surface area contributed by atoms with E-state index in [2.05, 4.69) is 33.9 Å². The molecule has 2 heterocycles. The number of aromatic nitrogens is 3. The lowest BCUT2D eigenvalue weighted by Crippen LogP contribution is -2.23. The molecule has 0 atom stereocenters. The van der Waals surface area contributed by atoms with Crippen molar-refractivity contribution in [2.45, 2.75) is 57.7 Å². The van der Waals surface area contributed by atoms with Gasteiger partial charge in [0, 0.05) is 25.3 Å². The van der Waals surface area contributed by atoms with E-state index in [1.807, 2.05) is 12.1 Å². The summed E-state index contributed by atoms with van der Waals surface area (Å²) < 4.78 is 7.46. The van der Waals surface area contributed by atoms with Crippen molar-refractivity contribution in [1.82, 2.24) is 20.1 Å². The number of hydrogen-bond donors (Lipinski definition) is 1. The first kappa shape index (κ1) is 18.6. The average molecular weight is 350 g/mol. The number of thioether (sulfide) groups is 1. The van der Waals surface area contributed by atoms with Crippen molar-refractivity contribution in [3.63, 3.8) is 0 Å². The lowest BCUT2D eigenvalue weighted by atomic mass is 10.2. The fourth-order valence-corrected chi connectivity index (χ4v) is 3.31. The van der Waals surface area contributed by atoms with Gasteiger partial charge in [0.25, 0.3) is 0 Å². The van der Waals surface area contributed by atoms with Crippen molar-refractivity contribution in [2.75, 3.05) is 12.3 Å². The molecule has 2 aromatic heterocycles. The maximum absolute atomic E-state index is 11.6. The second-order valence-corrected chi connectivity index (χ2v) is 6.60. The molecule has 0 fully saturated rings. The minimum Gasteiger partial charge on any atom is -0.461 e. The number of furan rings is 1. The van der Waals surface area contributed by atoms with Crippen LogP contribution in [0.1, 0.15) is 46.0 Å². The summed E-state index contributed by atoms with van der Waals surface area (Å²) in [5, 5.41) is 12.3. The Labute approximate surface area is 147 Å². The van der Waals surface area contributed by atoms with Crippen molar-refractivity contribution >= 4 is 17.7 Å². The van der Waals surface area contributed by atoms with Gasteiger partial charge in [-0.15, -0.1) is 10.2 Å². The monoisotopic (exact) mass is 350 g/mol. The summed E-state index contributed by atoms with van der Waals surface area (Å²) in [4.78, 5) is 11.6. The Morgan fingerprint density at radius 1 is 1.29 bits per heavy atom. The van der Waals surface area contributed by atoms with Crippen LogP contribution in [0.2, 0.25) is 0 Å². The molecule has 0 spiro atoms. The van der Waals surface area contributed by atoms with Gasteiger partial charge in [-0.1, -0.05) is 25.1 Å². The van der Waals surface area contributed by atoms with E-state index in [-0.39, 0.29) is 5.91 Å². The van der Waals surface area contributed by atoms with Gasteiger partial charge in [-0.3, -0.25) is 9.36 Å². The van der Waals surface area contributed by atoms with E-state index in [4.69, 9.17) is 4.42 Å². The highest BCUT2D eigenvalue weighted by atomic mass is 32.2. The van der Waals surface area contributed by atoms with E-state index < -0.39 is 0 Å². The first-order valence-corrected chi connectivity index (χ1v) is 9.61. The summed E-state index contributed by atoms with van der Waals surface area (Å²) in [6.45, 7) is 5.78. The van der Waals surface area contributed by atoms with Gasteiger partial charge in [-0.25, -0.2) is 0 Å². The second kappa shape index (κ2) is 10.2. The lowest BCUT2D eigenvalue weighted by molar-refractivity contribution is -0.121. The van der Waals surface area contributed by atoms with Crippen LogP contribution < -0.4 is 5.32 Å². The zero-order valence-electron chi connectivity index (χ0n) is 14.5. The van der Waals surface area contributed by atoms with E-state index in [0.29, 0.717) is 6.42 Å². The molecule has 132 valence electrons. The molecule has 1 N–H and O–H groups in total. The predicted octanol–water partition coefficient (Wildman–Crippen LogP) is 3.74. The zero-order valence-corrected chi connectivity index (χ0v) is 15.3. The minimum absolute atomic E-state index is 0.158.